The van der Waals surface area contributed by atoms with Gasteiger partial charge in [-0.05, 0) is 0 Å². The van der Waals surface area contributed by atoms with Crippen LogP contribution in [0.25, 0.3) is 0 Å². The van der Waals surface area contributed by atoms with Gasteiger partial charge in [0.15, 0.2) is 0 Å². The van der Waals surface area contributed by atoms with Gasteiger partial charge in [0, 0.05) is 14.2 Å². The van der Waals surface area contributed by atoms with Crippen LogP contribution in [-0.4, -0.2) is 29.8 Å². The molecule has 0 atom stereocenters. The van der Waals surface area contributed by atoms with E-state index in [1.807, 2.05) is 0 Å². The summed E-state index contributed by atoms with van der Waals surface area (Å²) in [5.74, 6) is 0. The molecule has 0 fully saturated rings. The number of rotatable bonds is 0. The van der Waals surface area contributed by atoms with Gasteiger partial charge in [0.25, 0.3) is 0 Å². The van der Waals surface area contributed by atoms with Crippen molar-refractivity contribution in [2.75, 3.05) is 19.6 Å². The predicted molar refractivity (Wildman–Crippen MR) is 32.9 cm³/mol. The molecule has 0 unspecified atom stereocenters. The van der Waals surface area contributed by atoms with E-state index in [0.717, 1.165) is 14.2 Å². The number of halogens is 2. The smallest absolute Gasteiger partial charge is 0.0967 e. The summed E-state index contributed by atoms with van der Waals surface area (Å²) in [5.41, 5.74) is 0. The molecule has 0 spiro atoms. The Bertz CT molecular complexity index is 10.9. The maximum atomic E-state index is 7.00. The molecule has 0 rings (SSSR count). The maximum absolute atomic E-state index is 7.00. The molecule has 0 saturated heterocycles. The largest absolute Gasteiger partial charge is 0.400 e. The monoisotopic (exact) mass is 148 g/mol. The quantitative estimate of drug-likeness (QED) is 0.496. The summed E-state index contributed by atoms with van der Waals surface area (Å²) in [6.45, 7) is 0. The molecular weight excluding hydrogens is 139 g/mol. The van der Waals surface area contributed by atoms with Crippen molar-refractivity contribution in [2.24, 2.45) is 0 Å². The topological polar surface area (TPSA) is 40.5 Å². The summed E-state index contributed by atoms with van der Waals surface area (Å²) in [6, 6.07) is 0. The minimum atomic E-state index is 0.194. The normalized spacial score (nSPS) is 4.29. The molecule has 2 nitrogen and oxygen atoms in total. The first kappa shape index (κ1) is 15.6. The lowest BCUT2D eigenvalue weighted by Gasteiger charge is -1.42. The van der Waals surface area contributed by atoms with Crippen LogP contribution in [0.3, 0.4) is 0 Å². The third kappa shape index (κ3) is 527. The van der Waals surface area contributed by atoms with Gasteiger partial charge in [0.2, 0.25) is 0 Å². The van der Waals surface area contributed by atoms with Crippen LogP contribution >= 0.6 is 23.2 Å². The molecule has 0 aromatic carbocycles. The van der Waals surface area contributed by atoms with Gasteiger partial charge >= 0.3 is 0 Å². The van der Waals surface area contributed by atoms with Crippen LogP contribution in [-0.2, 0) is 0 Å². The molecule has 0 aliphatic carbocycles. The molecule has 4 heteroatoms. The summed E-state index contributed by atoms with van der Waals surface area (Å²) in [4.78, 5) is 0. The minimum absolute atomic E-state index is 0.194. The van der Waals surface area contributed by atoms with Gasteiger partial charge in [-0.3, -0.25) is 0 Å². The fourth-order valence-electron chi connectivity index (χ4n) is 0. The third-order valence-corrected chi connectivity index (χ3v) is 0. The molecular formula is C3H10Cl2O2. The van der Waals surface area contributed by atoms with Crippen molar-refractivity contribution in [3.05, 3.63) is 0 Å². The average molecular weight is 149 g/mol. The van der Waals surface area contributed by atoms with Crippen molar-refractivity contribution in [3.8, 4) is 0 Å². The SMILES string of the molecule is CO.CO.ClCCl. The second kappa shape index (κ2) is 87.4. The van der Waals surface area contributed by atoms with Gasteiger partial charge < -0.3 is 10.2 Å². The third-order valence-electron chi connectivity index (χ3n) is 0. The highest BCUT2D eigenvalue weighted by Crippen LogP contribution is 1.73. The van der Waals surface area contributed by atoms with Crippen LogP contribution in [0, 0.1) is 0 Å². The van der Waals surface area contributed by atoms with Crippen LogP contribution in [0.2, 0.25) is 0 Å². The first-order valence-electron chi connectivity index (χ1n) is 1.43. The Balaban J connectivity index is -0.0000000360. The van der Waals surface area contributed by atoms with Crippen LogP contribution < -0.4 is 0 Å². The number of hydrogen-bond donors (Lipinski definition) is 2. The molecule has 7 heavy (non-hydrogen) atoms. The van der Waals surface area contributed by atoms with Gasteiger partial charge in [-0.2, -0.15) is 0 Å². The summed E-state index contributed by atoms with van der Waals surface area (Å²) >= 11 is 9.53. The van der Waals surface area contributed by atoms with Crippen LogP contribution in [0.5, 0.6) is 0 Å². The molecule has 0 aromatic heterocycles. The van der Waals surface area contributed by atoms with E-state index in [9.17, 15) is 0 Å². The van der Waals surface area contributed by atoms with E-state index in [1.54, 1.807) is 0 Å². The fraction of sp³-hybridized carbons (Fsp3) is 1.00. The first-order chi connectivity index (χ1) is 3.41. The first-order valence-corrected chi connectivity index (χ1v) is 2.50. The standard InChI is InChI=1S/CH2Cl2.2CH4O/c2-1-3;2*1-2/h1H2;2*2H,1H3. The van der Waals surface area contributed by atoms with E-state index in [2.05, 4.69) is 0 Å². The Morgan fingerprint density at radius 1 is 1.00 bits per heavy atom. The summed E-state index contributed by atoms with van der Waals surface area (Å²) in [6.07, 6.45) is 0. The molecule has 0 heterocycles. The van der Waals surface area contributed by atoms with Crippen molar-refractivity contribution < 1.29 is 10.2 Å². The minimum Gasteiger partial charge on any atom is -0.400 e. The van der Waals surface area contributed by atoms with E-state index in [-0.39, 0.29) is 5.34 Å². The van der Waals surface area contributed by atoms with Gasteiger partial charge in [0.1, 0.15) is 0 Å². The van der Waals surface area contributed by atoms with E-state index in [1.165, 1.54) is 0 Å². The molecule has 0 amide bonds. The van der Waals surface area contributed by atoms with Gasteiger partial charge in [-0.15, -0.1) is 23.2 Å². The van der Waals surface area contributed by atoms with Crippen LogP contribution in [0.4, 0.5) is 0 Å². The Labute approximate surface area is 53.7 Å². The summed E-state index contributed by atoms with van der Waals surface area (Å²) in [5, 5.41) is 14.2. The zero-order valence-electron chi connectivity index (χ0n) is 4.36. The Kier molecular flexibility index (Phi) is 195. The van der Waals surface area contributed by atoms with Gasteiger partial charge in [-0.25, -0.2) is 0 Å². The van der Waals surface area contributed by atoms with E-state index in [4.69, 9.17) is 33.4 Å². The van der Waals surface area contributed by atoms with Crippen molar-refractivity contribution in [3.63, 3.8) is 0 Å². The molecule has 0 aromatic rings. The van der Waals surface area contributed by atoms with Gasteiger partial charge in [-0.1, -0.05) is 0 Å². The lowest BCUT2D eigenvalue weighted by atomic mass is 11.8. The lowest BCUT2D eigenvalue weighted by molar-refractivity contribution is 0.399. The molecule has 2 N–H and O–H groups in total. The van der Waals surface area contributed by atoms with E-state index < -0.39 is 0 Å². The zero-order valence-corrected chi connectivity index (χ0v) is 5.87. The molecule has 0 aliphatic heterocycles. The Morgan fingerprint density at radius 3 is 1.00 bits per heavy atom. The summed E-state index contributed by atoms with van der Waals surface area (Å²) < 4.78 is 0. The van der Waals surface area contributed by atoms with E-state index >= 15 is 0 Å². The summed E-state index contributed by atoms with van der Waals surface area (Å²) in [7, 11) is 2.00. The number of aliphatic hydroxyl groups excluding tert-OH is 2. The highest BCUT2D eigenvalue weighted by molar-refractivity contribution is 6.40. The molecule has 0 bridgehead atoms. The molecule has 0 radical (unpaired) electrons. The van der Waals surface area contributed by atoms with Gasteiger partial charge in [0.05, 0.1) is 5.34 Å². The Hall–Kier alpha value is 0.500. The fourth-order valence-corrected chi connectivity index (χ4v) is 0. The second-order valence-electron chi connectivity index (χ2n) is 0.101. The highest BCUT2D eigenvalue weighted by atomic mass is 35.5. The molecule has 0 aliphatic rings. The average Bonchev–Trinajstić information content (AvgIpc) is 1.78. The lowest BCUT2D eigenvalue weighted by Crippen LogP contribution is -1.25. The van der Waals surface area contributed by atoms with Crippen molar-refractivity contribution in [1.29, 1.82) is 0 Å². The number of hydrogen-bond acceptors (Lipinski definition) is 2. The second-order valence-corrected chi connectivity index (χ2v) is 0.909. The van der Waals surface area contributed by atoms with Crippen LogP contribution in [0.15, 0.2) is 0 Å². The van der Waals surface area contributed by atoms with Crippen molar-refractivity contribution in [1.82, 2.24) is 0 Å². The number of alkyl halides is 2. The van der Waals surface area contributed by atoms with Crippen molar-refractivity contribution >= 4 is 23.2 Å². The predicted octanol–water partition coefficient (Wildman–Crippen LogP) is 0.638. The number of aliphatic hydroxyl groups is 2. The van der Waals surface area contributed by atoms with E-state index in [0.29, 0.717) is 0 Å². The molecule has 0 saturated carbocycles. The molecule has 48 valence electrons. The van der Waals surface area contributed by atoms with Crippen LogP contribution in [0.1, 0.15) is 0 Å². The maximum Gasteiger partial charge on any atom is 0.0967 e. The van der Waals surface area contributed by atoms with Crippen molar-refractivity contribution in [2.45, 2.75) is 0 Å². The highest BCUT2D eigenvalue weighted by Gasteiger charge is 1.41. The Morgan fingerprint density at radius 2 is 1.00 bits per heavy atom. The zero-order chi connectivity index (χ0) is 6.71.